The first-order chi connectivity index (χ1) is 6.88. The van der Waals surface area contributed by atoms with Crippen LogP contribution in [0.1, 0.15) is 0 Å². The Bertz CT molecular complexity index is 484. The zero-order valence-electron chi connectivity index (χ0n) is 7.47. The van der Waals surface area contributed by atoms with Crippen molar-refractivity contribution in [1.82, 2.24) is 0 Å². The third-order valence-corrected chi connectivity index (χ3v) is 4.19. The van der Waals surface area contributed by atoms with Gasteiger partial charge in [0, 0.05) is 11.1 Å². The zero-order valence-corrected chi connectivity index (χ0v) is 8.37. The second kappa shape index (κ2) is 2.76. The Labute approximate surface area is 83.2 Å². The standard InChI is InChI=1S/C12H8OP/c13-14-11-7-3-1-5-9(11)10-6-2-4-8-12(10)14/h1-8H/q+1. The van der Waals surface area contributed by atoms with E-state index in [-0.39, 0.29) is 0 Å². The van der Waals surface area contributed by atoms with Gasteiger partial charge >= 0.3 is 7.80 Å². The quantitative estimate of drug-likeness (QED) is 0.508. The van der Waals surface area contributed by atoms with Crippen molar-refractivity contribution in [3.8, 4) is 11.1 Å². The van der Waals surface area contributed by atoms with Gasteiger partial charge in [0.2, 0.25) is 10.6 Å². The lowest BCUT2D eigenvalue weighted by molar-refractivity contribution is 0.598. The van der Waals surface area contributed by atoms with E-state index in [1.54, 1.807) is 0 Å². The summed E-state index contributed by atoms with van der Waals surface area (Å²) in [4.78, 5) is 0. The van der Waals surface area contributed by atoms with Crippen molar-refractivity contribution >= 4 is 18.4 Å². The van der Waals surface area contributed by atoms with Gasteiger partial charge in [0.15, 0.2) is 0 Å². The number of fused-ring (bicyclic) bond motifs is 3. The molecular weight excluding hydrogens is 191 g/mol. The van der Waals surface area contributed by atoms with Crippen molar-refractivity contribution in [3.05, 3.63) is 48.5 Å². The van der Waals surface area contributed by atoms with Gasteiger partial charge in [-0.3, -0.25) is 0 Å². The SMILES string of the molecule is O=[P+]1c2ccccc2-c2ccccc21. The van der Waals surface area contributed by atoms with Crippen LogP contribution in [0.15, 0.2) is 48.5 Å². The fourth-order valence-corrected chi connectivity index (χ4v) is 3.42. The average molecular weight is 199 g/mol. The van der Waals surface area contributed by atoms with E-state index in [0.29, 0.717) is 0 Å². The minimum absolute atomic E-state index is 0.976. The van der Waals surface area contributed by atoms with Crippen LogP contribution in [-0.2, 0) is 4.57 Å². The molecule has 2 aromatic rings. The van der Waals surface area contributed by atoms with Gasteiger partial charge in [-0.2, -0.15) is 0 Å². The molecule has 1 aliphatic heterocycles. The second-order valence-corrected chi connectivity index (χ2v) is 4.88. The maximum absolute atomic E-state index is 12.0. The van der Waals surface area contributed by atoms with Crippen LogP contribution in [0.2, 0.25) is 0 Å². The molecule has 1 nitrogen and oxygen atoms in total. The summed E-state index contributed by atoms with van der Waals surface area (Å²) in [6, 6.07) is 15.8. The summed E-state index contributed by atoms with van der Waals surface area (Å²) < 4.78 is 12.0. The number of hydrogen-bond acceptors (Lipinski definition) is 1. The summed E-state index contributed by atoms with van der Waals surface area (Å²) >= 11 is 0. The van der Waals surface area contributed by atoms with E-state index < -0.39 is 7.80 Å². The molecule has 0 atom stereocenters. The van der Waals surface area contributed by atoms with Crippen molar-refractivity contribution in [2.24, 2.45) is 0 Å². The largest absolute Gasteiger partial charge is 0.416 e. The predicted molar refractivity (Wildman–Crippen MR) is 58.8 cm³/mol. The van der Waals surface area contributed by atoms with Gasteiger partial charge in [-0.1, -0.05) is 28.8 Å². The first-order valence-electron chi connectivity index (χ1n) is 4.53. The maximum atomic E-state index is 12.0. The van der Waals surface area contributed by atoms with Crippen molar-refractivity contribution in [3.63, 3.8) is 0 Å². The highest BCUT2D eigenvalue weighted by Crippen LogP contribution is 2.36. The van der Waals surface area contributed by atoms with Crippen molar-refractivity contribution in [2.45, 2.75) is 0 Å². The fraction of sp³-hybridized carbons (Fsp3) is 0. The Morgan fingerprint density at radius 2 is 1.14 bits per heavy atom. The topological polar surface area (TPSA) is 17.1 Å². The van der Waals surface area contributed by atoms with Crippen LogP contribution >= 0.6 is 7.80 Å². The van der Waals surface area contributed by atoms with Crippen molar-refractivity contribution < 1.29 is 4.57 Å². The van der Waals surface area contributed by atoms with Gasteiger partial charge in [-0.25, -0.2) is 0 Å². The molecule has 0 bridgehead atoms. The molecule has 0 fully saturated rings. The molecule has 0 unspecified atom stereocenters. The molecule has 2 aromatic carbocycles. The first kappa shape index (κ1) is 7.90. The molecule has 0 radical (unpaired) electrons. The van der Waals surface area contributed by atoms with Gasteiger partial charge in [0.05, 0.1) is 0 Å². The number of benzene rings is 2. The summed E-state index contributed by atoms with van der Waals surface area (Å²) in [6.45, 7) is 0. The normalized spacial score (nSPS) is 12.4. The zero-order chi connectivity index (χ0) is 9.54. The molecule has 14 heavy (non-hydrogen) atoms. The smallest absolute Gasteiger partial charge is 0.0613 e. The van der Waals surface area contributed by atoms with E-state index in [4.69, 9.17) is 0 Å². The lowest BCUT2D eigenvalue weighted by Gasteiger charge is -1.91. The third kappa shape index (κ3) is 0.906. The van der Waals surface area contributed by atoms with Crippen LogP contribution < -0.4 is 10.6 Å². The molecular formula is C12H8OP+. The summed E-state index contributed by atoms with van der Waals surface area (Å²) in [5.41, 5.74) is 2.26. The van der Waals surface area contributed by atoms with E-state index in [9.17, 15) is 4.57 Å². The van der Waals surface area contributed by atoms with Crippen molar-refractivity contribution in [1.29, 1.82) is 0 Å². The van der Waals surface area contributed by atoms with Gasteiger partial charge in [0.1, 0.15) is 0 Å². The Morgan fingerprint density at radius 1 is 0.714 bits per heavy atom. The highest BCUT2D eigenvalue weighted by atomic mass is 31.1. The molecule has 66 valence electrons. The van der Waals surface area contributed by atoms with Crippen LogP contribution in [0.25, 0.3) is 11.1 Å². The molecule has 2 heteroatoms. The monoisotopic (exact) mass is 199 g/mol. The molecule has 0 saturated carbocycles. The first-order valence-corrected chi connectivity index (χ1v) is 5.79. The van der Waals surface area contributed by atoms with Crippen LogP contribution in [0.4, 0.5) is 0 Å². The molecule has 1 aliphatic rings. The Kier molecular flexibility index (Phi) is 1.56. The predicted octanol–water partition coefficient (Wildman–Crippen LogP) is 2.45. The summed E-state index contributed by atoms with van der Waals surface area (Å²) in [5.74, 6) is 0. The van der Waals surface area contributed by atoms with Gasteiger partial charge in [0.25, 0.3) is 0 Å². The minimum atomic E-state index is -1.35. The van der Waals surface area contributed by atoms with Gasteiger partial charge in [-0.05, 0) is 24.3 Å². The highest BCUT2D eigenvalue weighted by Gasteiger charge is 2.37. The fourth-order valence-electron chi connectivity index (χ4n) is 1.89. The average Bonchev–Trinajstić information content (AvgIpc) is 2.55. The molecule has 0 aliphatic carbocycles. The van der Waals surface area contributed by atoms with Crippen LogP contribution in [0.3, 0.4) is 0 Å². The Balaban J connectivity index is 2.42. The molecule has 0 amide bonds. The Morgan fingerprint density at radius 3 is 1.64 bits per heavy atom. The molecule has 1 heterocycles. The van der Waals surface area contributed by atoms with Gasteiger partial charge in [-0.15, -0.1) is 0 Å². The third-order valence-electron chi connectivity index (χ3n) is 2.54. The van der Waals surface area contributed by atoms with E-state index >= 15 is 0 Å². The lowest BCUT2D eigenvalue weighted by Crippen LogP contribution is -1.96. The van der Waals surface area contributed by atoms with Crippen molar-refractivity contribution in [2.75, 3.05) is 0 Å². The molecule has 0 spiro atoms. The molecule has 3 rings (SSSR count). The van der Waals surface area contributed by atoms with Crippen LogP contribution in [-0.4, -0.2) is 0 Å². The summed E-state index contributed by atoms with van der Waals surface area (Å²) in [7, 11) is -1.35. The summed E-state index contributed by atoms with van der Waals surface area (Å²) in [6.07, 6.45) is 0. The number of hydrogen-bond donors (Lipinski definition) is 0. The molecule has 0 saturated heterocycles. The second-order valence-electron chi connectivity index (χ2n) is 3.33. The molecule has 0 N–H and O–H groups in total. The van der Waals surface area contributed by atoms with Crippen LogP contribution in [0.5, 0.6) is 0 Å². The van der Waals surface area contributed by atoms with E-state index in [2.05, 4.69) is 0 Å². The van der Waals surface area contributed by atoms with Crippen LogP contribution in [0, 0.1) is 0 Å². The highest BCUT2D eigenvalue weighted by molar-refractivity contribution is 7.63. The van der Waals surface area contributed by atoms with E-state index in [0.717, 1.165) is 21.7 Å². The molecule has 0 aromatic heterocycles. The van der Waals surface area contributed by atoms with E-state index in [1.807, 2.05) is 48.5 Å². The van der Waals surface area contributed by atoms with E-state index in [1.165, 1.54) is 0 Å². The number of rotatable bonds is 0. The minimum Gasteiger partial charge on any atom is -0.0613 e. The maximum Gasteiger partial charge on any atom is 0.416 e. The lowest BCUT2D eigenvalue weighted by atomic mass is 10.1. The van der Waals surface area contributed by atoms with Gasteiger partial charge < -0.3 is 0 Å². The summed E-state index contributed by atoms with van der Waals surface area (Å²) in [5, 5.41) is 1.95. The Hall–Kier alpha value is -1.46.